The first-order valence-electron chi connectivity index (χ1n) is 11.2. The minimum Gasteiger partial charge on any atom is -0.349 e. The van der Waals surface area contributed by atoms with E-state index in [1.165, 1.54) is 0 Å². The average Bonchev–Trinajstić information content (AvgIpc) is 3.27. The molecule has 2 aromatic rings. The molecule has 0 heterocycles. The van der Waals surface area contributed by atoms with Crippen LogP contribution >= 0.6 is 0 Å². The lowest BCUT2D eigenvalue weighted by molar-refractivity contribution is -0.119. The molecular weight excluding hydrogens is 404 g/mol. The maximum Gasteiger partial charge on any atom is 0.253 e. The Morgan fingerprint density at radius 3 is 2.09 bits per heavy atom. The first-order valence-corrected chi connectivity index (χ1v) is 11.2. The van der Waals surface area contributed by atoms with E-state index in [-0.39, 0.29) is 36.9 Å². The number of amides is 3. The van der Waals surface area contributed by atoms with Crippen molar-refractivity contribution >= 4 is 29.1 Å². The van der Waals surface area contributed by atoms with E-state index in [1.54, 1.807) is 36.2 Å². The molecule has 7 heteroatoms. The molecule has 1 aliphatic rings. The molecule has 0 bridgehead atoms. The van der Waals surface area contributed by atoms with Crippen molar-refractivity contribution in [1.82, 2.24) is 10.2 Å². The van der Waals surface area contributed by atoms with Gasteiger partial charge < -0.3 is 16.0 Å². The Balaban J connectivity index is 1.52. The highest BCUT2D eigenvalue weighted by molar-refractivity contribution is 6.04. The van der Waals surface area contributed by atoms with Gasteiger partial charge in [0.25, 0.3) is 5.91 Å². The second kappa shape index (κ2) is 11.4. The lowest BCUT2D eigenvalue weighted by Crippen LogP contribution is -2.37. The molecule has 0 aromatic heterocycles. The van der Waals surface area contributed by atoms with E-state index in [2.05, 4.69) is 16.0 Å². The molecule has 7 nitrogen and oxygen atoms in total. The zero-order chi connectivity index (χ0) is 22.9. The van der Waals surface area contributed by atoms with Crippen molar-refractivity contribution < 1.29 is 14.4 Å². The van der Waals surface area contributed by atoms with Gasteiger partial charge in [0.05, 0.1) is 24.3 Å². The highest BCUT2D eigenvalue weighted by Gasteiger charge is 2.20. The number of hydrogen-bond donors (Lipinski definition) is 3. The van der Waals surface area contributed by atoms with Gasteiger partial charge in [-0.1, -0.05) is 50.1 Å². The highest BCUT2D eigenvalue weighted by atomic mass is 16.2. The van der Waals surface area contributed by atoms with E-state index >= 15 is 0 Å². The van der Waals surface area contributed by atoms with E-state index in [0.717, 1.165) is 43.4 Å². The Labute approximate surface area is 189 Å². The van der Waals surface area contributed by atoms with E-state index in [1.807, 2.05) is 31.2 Å². The monoisotopic (exact) mass is 436 g/mol. The van der Waals surface area contributed by atoms with Crippen molar-refractivity contribution in [3.05, 3.63) is 59.7 Å². The second-order valence-corrected chi connectivity index (χ2v) is 8.28. The summed E-state index contributed by atoms with van der Waals surface area (Å²) >= 11 is 0. The van der Waals surface area contributed by atoms with Crippen LogP contribution in [0.15, 0.2) is 48.5 Å². The van der Waals surface area contributed by atoms with Gasteiger partial charge >= 0.3 is 0 Å². The van der Waals surface area contributed by atoms with Crippen molar-refractivity contribution in [2.24, 2.45) is 0 Å². The normalized spacial score (nSPS) is 13.7. The summed E-state index contributed by atoms with van der Waals surface area (Å²) in [5.74, 6) is -0.636. The van der Waals surface area contributed by atoms with Crippen LogP contribution in [-0.4, -0.2) is 48.8 Å². The van der Waals surface area contributed by atoms with Gasteiger partial charge in [0, 0.05) is 11.7 Å². The van der Waals surface area contributed by atoms with Crippen molar-refractivity contribution in [3.63, 3.8) is 0 Å². The SMILES string of the molecule is CCc1ccccc1NC(=O)CN(C)CC(=O)Nc1ccccc1C(=O)NC1CCCC1. The average molecular weight is 437 g/mol. The van der Waals surface area contributed by atoms with Crippen molar-refractivity contribution in [2.75, 3.05) is 30.8 Å². The number of aryl methyl sites for hydroxylation is 1. The lowest BCUT2D eigenvalue weighted by Gasteiger charge is -2.18. The number of nitrogens with zero attached hydrogens (tertiary/aromatic N) is 1. The summed E-state index contributed by atoms with van der Waals surface area (Å²) in [5.41, 5.74) is 2.78. The van der Waals surface area contributed by atoms with Crippen LogP contribution in [0.4, 0.5) is 11.4 Å². The summed E-state index contributed by atoms with van der Waals surface area (Å²) in [6.07, 6.45) is 5.08. The summed E-state index contributed by atoms with van der Waals surface area (Å²) < 4.78 is 0. The number of anilines is 2. The Morgan fingerprint density at radius 2 is 1.44 bits per heavy atom. The first-order chi connectivity index (χ1) is 15.5. The van der Waals surface area contributed by atoms with Gasteiger partial charge in [0.2, 0.25) is 11.8 Å². The molecule has 0 spiro atoms. The van der Waals surface area contributed by atoms with Gasteiger partial charge in [-0.3, -0.25) is 19.3 Å². The number of nitrogens with one attached hydrogen (secondary N) is 3. The standard InChI is InChI=1S/C25H32N4O3/c1-3-18-10-4-8-14-21(18)27-23(30)16-29(2)17-24(31)28-22-15-9-7-13-20(22)25(32)26-19-11-5-6-12-19/h4,7-10,13-15,19H,3,5-6,11-12,16-17H2,1-2H3,(H,26,32)(H,27,30)(H,28,31). The molecule has 3 rings (SSSR count). The van der Waals surface area contributed by atoms with Gasteiger partial charge in [-0.15, -0.1) is 0 Å². The number of carbonyl (C=O) groups is 3. The quantitative estimate of drug-likeness (QED) is 0.562. The van der Waals surface area contributed by atoms with Crippen LogP contribution < -0.4 is 16.0 Å². The number of benzene rings is 2. The molecule has 3 amide bonds. The van der Waals surface area contributed by atoms with E-state index in [4.69, 9.17) is 0 Å². The van der Waals surface area contributed by atoms with E-state index < -0.39 is 0 Å². The number of hydrogen-bond acceptors (Lipinski definition) is 4. The Morgan fingerprint density at radius 1 is 0.875 bits per heavy atom. The lowest BCUT2D eigenvalue weighted by atomic mass is 10.1. The van der Waals surface area contributed by atoms with Crippen LogP contribution in [0.5, 0.6) is 0 Å². The van der Waals surface area contributed by atoms with Crippen molar-refractivity contribution in [2.45, 2.75) is 45.1 Å². The predicted molar refractivity (Wildman–Crippen MR) is 127 cm³/mol. The Kier molecular flexibility index (Phi) is 8.39. The molecule has 1 aliphatic carbocycles. The van der Waals surface area contributed by atoms with Gasteiger partial charge in [0.1, 0.15) is 0 Å². The fourth-order valence-electron chi connectivity index (χ4n) is 4.00. The van der Waals surface area contributed by atoms with E-state index in [0.29, 0.717) is 11.3 Å². The third kappa shape index (κ3) is 6.65. The first kappa shape index (κ1) is 23.5. The van der Waals surface area contributed by atoms with Gasteiger partial charge in [-0.05, 0) is 50.1 Å². The smallest absolute Gasteiger partial charge is 0.253 e. The maximum absolute atomic E-state index is 12.7. The number of carbonyl (C=O) groups excluding carboxylic acids is 3. The van der Waals surface area contributed by atoms with Crippen LogP contribution in [-0.2, 0) is 16.0 Å². The molecule has 2 aromatic carbocycles. The molecule has 1 fully saturated rings. The molecule has 1 saturated carbocycles. The predicted octanol–water partition coefficient (Wildman–Crippen LogP) is 3.43. The maximum atomic E-state index is 12.7. The van der Waals surface area contributed by atoms with E-state index in [9.17, 15) is 14.4 Å². The largest absolute Gasteiger partial charge is 0.349 e. The molecule has 32 heavy (non-hydrogen) atoms. The summed E-state index contributed by atoms with van der Waals surface area (Å²) in [7, 11) is 1.71. The molecule has 0 unspecified atom stereocenters. The molecule has 0 saturated heterocycles. The highest BCUT2D eigenvalue weighted by Crippen LogP contribution is 2.20. The third-order valence-corrected chi connectivity index (χ3v) is 5.64. The molecular formula is C25H32N4O3. The summed E-state index contributed by atoms with van der Waals surface area (Å²) in [4.78, 5) is 39.3. The zero-order valence-electron chi connectivity index (χ0n) is 18.8. The molecule has 0 radical (unpaired) electrons. The zero-order valence-corrected chi connectivity index (χ0v) is 18.8. The Hall–Kier alpha value is -3.19. The van der Waals surface area contributed by atoms with Crippen molar-refractivity contribution in [1.29, 1.82) is 0 Å². The topological polar surface area (TPSA) is 90.5 Å². The van der Waals surface area contributed by atoms with Crippen molar-refractivity contribution in [3.8, 4) is 0 Å². The second-order valence-electron chi connectivity index (χ2n) is 8.28. The minimum atomic E-state index is -0.282. The van der Waals surface area contributed by atoms with Crippen LogP contribution in [0, 0.1) is 0 Å². The van der Waals surface area contributed by atoms with Gasteiger partial charge in [0.15, 0.2) is 0 Å². The molecule has 0 atom stereocenters. The summed E-state index contributed by atoms with van der Waals surface area (Å²) in [5, 5.41) is 8.78. The fourth-order valence-corrected chi connectivity index (χ4v) is 4.00. The number of rotatable bonds is 9. The van der Waals surface area contributed by atoms with Gasteiger partial charge in [-0.2, -0.15) is 0 Å². The summed E-state index contributed by atoms with van der Waals surface area (Å²) in [6.45, 7) is 2.14. The number of para-hydroxylation sites is 2. The van der Waals surface area contributed by atoms with Gasteiger partial charge in [-0.25, -0.2) is 0 Å². The molecule has 170 valence electrons. The van der Waals surface area contributed by atoms with Crippen LogP contribution in [0.2, 0.25) is 0 Å². The van der Waals surface area contributed by atoms with Crippen LogP contribution in [0.3, 0.4) is 0 Å². The van der Waals surface area contributed by atoms with Crippen LogP contribution in [0.25, 0.3) is 0 Å². The molecule has 0 aliphatic heterocycles. The Bertz CT molecular complexity index is 954. The number of likely N-dealkylation sites (N-methyl/N-ethyl adjacent to an activating group) is 1. The van der Waals surface area contributed by atoms with Crippen LogP contribution in [0.1, 0.15) is 48.5 Å². The molecule has 3 N–H and O–H groups in total. The third-order valence-electron chi connectivity index (χ3n) is 5.64. The fraction of sp³-hybridized carbons (Fsp3) is 0.400. The minimum absolute atomic E-state index is 0.0292. The summed E-state index contributed by atoms with van der Waals surface area (Å²) in [6, 6.07) is 14.9.